The minimum Gasteiger partial charge on any atom is -0.465 e. The first-order valence-corrected chi connectivity index (χ1v) is 6.46. The fraction of sp³-hybridized carbons (Fsp3) is 0. The van der Waals surface area contributed by atoms with Crippen LogP contribution in [0, 0.1) is 11.3 Å². The van der Waals surface area contributed by atoms with E-state index in [1.54, 1.807) is 54.8 Å². The molecule has 1 aromatic heterocycles. The van der Waals surface area contributed by atoms with Crippen LogP contribution in [0.15, 0.2) is 64.8 Å². The Balaban J connectivity index is 2.04. The summed E-state index contributed by atoms with van der Waals surface area (Å²) in [6, 6.07) is 12.0. The lowest BCUT2D eigenvalue weighted by atomic mass is 10.2. The molecule has 0 aliphatic heterocycles. The van der Waals surface area contributed by atoms with Crippen LogP contribution >= 0.6 is 11.6 Å². The Hall–Kier alpha value is -2.77. The number of allylic oxidation sites excluding steroid dienone is 2. The molecule has 104 valence electrons. The first-order chi connectivity index (χ1) is 10.2. The molecule has 0 aliphatic rings. The summed E-state index contributed by atoms with van der Waals surface area (Å²) in [7, 11) is 0. The predicted octanol–water partition coefficient (Wildman–Crippen LogP) is 4.03. The van der Waals surface area contributed by atoms with Crippen LogP contribution in [0.1, 0.15) is 5.76 Å². The number of hydrogen-bond acceptors (Lipinski definition) is 3. The third kappa shape index (κ3) is 4.37. The highest BCUT2D eigenvalue weighted by Gasteiger charge is 2.07. The maximum absolute atomic E-state index is 11.9. The van der Waals surface area contributed by atoms with E-state index in [-0.39, 0.29) is 5.57 Å². The highest BCUT2D eigenvalue weighted by molar-refractivity contribution is 6.30. The molecule has 0 saturated carbocycles. The van der Waals surface area contributed by atoms with Gasteiger partial charge < -0.3 is 9.73 Å². The van der Waals surface area contributed by atoms with Crippen LogP contribution in [-0.2, 0) is 4.79 Å². The first-order valence-electron chi connectivity index (χ1n) is 6.08. The van der Waals surface area contributed by atoms with Crippen molar-refractivity contribution in [1.82, 2.24) is 0 Å². The topological polar surface area (TPSA) is 66.0 Å². The molecule has 4 nitrogen and oxygen atoms in total. The number of benzene rings is 1. The van der Waals surface area contributed by atoms with Crippen LogP contribution in [0.25, 0.3) is 6.08 Å². The molecule has 0 spiro atoms. The average Bonchev–Trinajstić information content (AvgIpc) is 2.99. The maximum atomic E-state index is 11.9. The Morgan fingerprint density at radius 2 is 2.05 bits per heavy atom. The van der Waals surface area contributed by atoms with E-state index in [0.717, 1.165) is 0 Å². The molecule has 1 heterocycles. The highest BCUT2D eigenvalue weighted by atomic mass is 35.5. The number of nitrogens with one attached hydrogen (secondary N) is 1. The average molecular weight is 299 g/mol. The Bertz CT molecular complexity index is 708. The van der Waals surface area contributed by atoms with Gasteiger partial charge in [0.05, 0.1) is 6.26 Å². The van der Waals surface area contributed by atoms with E-state index in [2.05, 4.69) is 5.32 Å². The fourth-order valence-corrected chi connectivity index (χ4v) is 1.65. The summed E-state index contributed by atoms with van der Waals surface area (Å²) in [5, 5.41) is 12.2. The van der Waals surface area contributed by atoms with Gasteiger partial charge in [0.2, 0.25) is 0 Å². The number of anilines is 1. The smallest absolute Gasteiger partial charge is 0.266 e. The zero-order valence-electron chi connectivity index (χ0n) is 10.9. The van der Waals surface area contributed by atoms with Crippen molar-refractivity contribution in [1.29, 1.82) is 5.26 Å². The molecule has 5 heteroatoms. The zero-order valence-corrected chi connectivity index (χ0v) is 11.7. The molecule has 2 aromatic rings. The van der Waals surface area contributed by atoms with Crippen molar-refractivity contribution in [3.05, 3.63) is 71.2 Å². The molecule has 1 aromatic carbocycles. The number of carbonyl (C=O) groups excluding carboxylic acids is 1. The predicted molar refractivity (Wildman–Crippen MR) is 81.5 cm³/mol. The summed E-state index contributed by atoms with van der Waals surface area (Å²) in [4.78, 5) is 11.9. The number of nitriles is 1. The molecule has 0 bridgehead atoms. The molecule has 0 unspecified atom stereocenters. The number of halogens is 1. The molecule has 21 heavy (non-hydrogen) atoms. The van der Waals surface area contributed by atoms with E-state index in [4.69, 9.17) is 21.3 Å². The molecular formula is C16H11ClN2O2. The van der Waals surface area contributed by atoms with Crippen LogP contribution in [0.3, 0.4) is 0 Å². The minimum atomic E-state index is -0.482. The second-order valence-corrected chi connectivity index (χ2v) is 4.46. The summed E-state index contributed by atoms with van der Waals surface area (Å²) < 4.78 is 5.10. The van der Waals surface area contributed by atoms with Crippen molar-refractivity contribution >= 4 is 29.3 Å². The van der Waals surface area contributed by atoms with Crippen molar-refractivity contribution in [2.75, 3.05) is 5.32 Å². The van der Waals surface area contributed by atoms with Gasteiger partial charge in [-0.25, -0.2) is 0 Å². The van der Waals surface area contributed by atoms with Crippen molar-refractivity contribution in [2.24, 2.45) is 0 Å². The second kappa shape index (κ2) is 7.13. The molecular weight excluding hydrogens is 288 g/mol. The molecule has 2 rings (SSSR count). The van der Waals surface area contributed by atoms with Gasteiger partial charge in [-0.2, -0.15) is 5.26 Å². The molecule has 0 radical (unpaired) electrons. The fourth-order valence-electron chi connectivity index (χ4n) is 1.52. The lowest BCUT2D eigenvalue weighted by Crippen LogP contribution is -2.13. The summed E-state index contributed by atoms with van der Waals surface area (Å²) in [5.74, 6) is 0.158. The normalized spacial score (nSPS) is 11.3. The number of furan rings is 1. The Kier molecular flexibility index (Phi) is 4.97. The van der Waals surface area contributed by atoms with E-state index in [0.29, 0.717) is 16.5 Å². The molecule has 1 N–H and O–H groups in total. The monoisotopic (exact) mass is 298 g/mol. The van der Waals surface area contributed by atoms with Crippen molar-refractivity contribution in [3.63, 3.8) is 0 Å². The van der Waals surface area contributed by atoms with Crippen molar-refractivity contribution < 1.29 is 9.21 Å². The van der Waals surface area contributed by atoms with Crippen LogP contribution in [0.5, 0.6) is 0 Å². The Morgan fingerprint density at radius 3 is 2.67 bits per heavy atom. The summed E-state index contributed by atoms with van der Waals surface area (Å²) in [6.45, 7) is 0. The first kappa shape index (κ1) is 14.6. The lowest BCUT2D eigenvalue weighted by molar-refractivity contribution is -0.112. The van der Waals surface area contributed by atoms with Crippen molar-refractivity contribution in [3.8, 4) is 6.07 Å². The zero-order chi connectivity index (χ0) is 15.1. The highest BCUT2D eigenvalue weighted by Crippen LogP contribution is 2.14. The van der Waals surface area contributed by atoms with Gasteiger partial charge in [0.15, 0.2) is 0 Å². The number of hydrogen-bond donors (Lipinski definition) is 1. The van der Waals surface area contributed by atoms with Gasteiger partial charge in [-0.3, -0.25) is 4.79 Å². The van der Waals surface area contributed by atoms with Gasteiger partial charge >= 0.3 is 0 Å². The van der Waals surface area contributed by atoms with Gasteiger partial charge in [0.25, 0.3) is 5.91 Å². The van der Waals surface area contributed by atoms with Crippen LogP contribution in [0.2, 0.25) is 5.02 Å². The van der Waals surface area contributed by atoms with Gasteiger partial charge in [-0.15, -0.1) is 0 Å². The lowest BCUT2D eigenvalue weighted by Gasteiger charge is -2.03. The number of carbonyl (C=O) groups is 1. The molecule has 0 saturated heterocycles. The van der Waals surface area contributed by atoms with E-state index in [1.807, 2.05) is 6.07 Å². The van der Waals surface area contributed by atoms with Gasteiger partial charge in [-0.05, 0) is 48.6 Å². The van der Waals surface area contributed by atoms with E-state index in [9.17, 15) is 4.79 Å². The largest absolute Gasteiger partial charge is 0.465 e. The van der Waals surface area contributed by atoms with Gasteiger partial charge in [-0.1, -0.05) is 17.7 Å². The Labute approximate surface area is 127 Å². The Morgan fingerprint density at radius 1 is 1.29 bits per heavy atom. The number of amides is 1. The van der Waals surface area contributed by atoms with E-state index >= 15 is 0 Å². The summed E-state index contributed by atoms with van der Waals surface area (Å²) in [5.41, 5.74) is 0.563. The third-order valence-corrected chi connectivity index (χ3v) is 2.79. The molecule has 0 aliphatic carbocycles. The number of nitrogens with zero attached hydrogens (tertiary/aromatic N) is 1. The molecule has 0 atom stereocenters. The van der Waals surface area contributed by atoms with Gasteiger partial charge in [0.1, 0.15) is 17.4 Å². The summed E-state index contributed by atoms with van der Waals surface area (Å²) >= 11 is 5.76. The maximum Gasteiger partial charge on any atom is 0.266 e. The molecule has 1 amide bonds. The quantitative estimate of drug-likeness (QED) is 0.526. The van der Waals surface area contributed by atoms with Gasteiger partial charge in [0, 0.05) is 10.7 Å². The van der Waals surface area contributed by atoms with Crippen LogP contribution in [0.4, 0.5) is 5.69 Å². The third-order valence-electron chi connectivity index (χ3n) is 2.53. The molecule has 0 fully saturated rings. The van der Waals surface area contributed by atoms with E-state index in [1.165, 1.54) is 6.08 Å². The standard InChI is InChI=1S/C16H11ClN2O2/c17-13-6-8-14(9-7-13)19-16(20)12(11-18)3-1-4-15-5-2-10-21-15/h1-10H,(H,19,20)/b4-1+,12-3+. The number of rotatable bonds is 4. The van der Waals surface area contributed by atoms with E-state index < -0.39 is 5.91 Å². The minimum absolute atomic E-state index is 0.00671. The second-order valence-electron chi connectivity index (χ2n) is 4.03. The van der Waals surface area contributed by atoms with Crippen LogP contribution in [-0.4, -0.2) is 5.91 Å². The van der Waals surface area contributed by atoms with Crippen LogP contribution < -0.4 is 5.32 Å². The SMILES string of the molecule is N#C/C(=C\C=C\c1ccco1)C(=O)Nc1ccc(Cl)cc1. The van der Waals surface area contributed by atoms with Crippen molar-refractivity contribution in [2.45, 2.75) is 0 Å². The summed E-state index contributed by atoms with van der Waals surface area (Å²) in [6.07, 6.45) is 6.21.